The number of methoxy groups -OCH3 is 1. The number of nitrogens with zero attached hydrogens (tertiary/aromatic N) is 1. The first-order valence-corrected chi connectivity index (χ1v) is 5.65. The number of aromatic amines is 1. The first-order valence-electron chi connectivity index (χ1n) is 5.65. The van der Waals surface area contributed by atoms with Crippen LogP contribution in [0.25, 0.3) is 0 Å². The Morgan fingerprint density at radius 2 is 2.28 bits per heavy atom. The van der Waals surface area contributed by atoms with Crippen LogP contribution in [0.5, 0.6) is 0 Å². The third-order valence-corrected chi connectivity index (χ3v) is 2.66. The SMILES string of the molecule is COC(=O)c1cccc(NC(C)c2ccn[nH]2)c1. The number of hydrogen-bond donors (Lipinski definition) is 2. The zero-order chi connectivity index (χ0) is 13.0. The third-order valence-electron chi connectivity index (χ3n) is 2.66. The van der Waals surface area contributed by atoms with E-state index in [1.807, 2.05) is 25.1 Å². The van der Waals surface area contributed by atoms with Gasteiger partial charge in [0, 0.05) is 11.9 Å². The van der Waals surface area contributed by atoms with Gasteiger partial charge in [-0.15, -0.1) is 0 Å². The van der Waals surface area contributed by atoms with Crippen molar-refractivity contribution in [2.75, 3.05) is 12.4 Å². The normalized spacial score (nSPS) is 11.9. The summed E-state index contributed by atoms with van der Waals surface area (Å²) in [4.78, 5) is 11.4. The van der Waals surface area contributed by atoms with E-state index >= 15 is 0 Å². The molecule has 2 rings (SSSR count). The fraction of sp³-hybridized carbons (Fsp3) is 0.231. The second kappa shape index (κ2) is 5.35. The van der Waals surface area contributed by atoms with E-state index in [2.05, 4.69) is 20.3 Å². The number of carbonyl (C=O) groups excluding carboxylic acids is 1. The van der Waals surface area contributed by atoms with Crippen LogP contribution in [-0.4, -0.2) is 23.3 Å². The number of carbonyl (C=O) groups is 1. The molecule has 0 saturated heterocycles. The molecule has 0 aliphatic carbocycles. The van der Waals surface area contributed by atoms with Crippen LogP contribution in [0.1, 0.15) is 29.0 Å². The third kappa shape index (κ3) is 2.68. The molecular formula is C13H15N3O2. The van der Waals surface area contributed by atoms with E-state index in [0.29, 0.717) is 5.56 Å². The van der Waals surface area contributed by atoms with Gasteiger partial charge in [-0.25, -0.2) is 4.79 Å². The smallest absolute Gasteiger partial charge is 0.337 e. The van der Waals surface area contributed by atoms with Crippen LogP contribution in [-0.2, 0) is 4.74 Å². The number of benzene rings is 1. The van der Waals surface area contributed by atoms with Crippen molar-refractivity contribution in [3.05, 3.63) is 47.8 Å². The molecule has 1 atom stereocenters. The second-order valence-electron chi connectivity index (χ2n) is 3.95. The molecule has 18 heavy (non-hydrogen) atoms. The topological polar surface area (TPSA) is 67.0 Å². The van der Waals surface area contributed by atoms with Crippen LogP contribution in [0.15, 0.2) is 36.5 Å². The molecule has 0 fully saturated rings. The average molecular weight is 245 g/mol. The van der Waals surface area contributed by atoms with Gasteiger partial charge in [0.15, 0.2) is 0 Å². The van der Waals surface area contributed by atoms with Crippen molar-refractivity contribution < 1.29 is 9.53 Å². The van der Waals surface area contributed by atoms with Crippen molar-refractivity contribution in [3.63, 3.8) is 0 Å². The Labute approximate surface area is 105 Å². The lowest BCUT2D eigenvalue weighted by atomic mass is 10.1. The largest absolute Gasteiger partial charge is 0.465 e. The quantitative estimate of drug-likeness (QED) is 0.811. The number of nitrogens with one attached hydrogen (secondary N) is 2. The van der Waals surface area contributed by atoms with Gasteiger partial charge in [-0.2, -0.15) is 5.10 Å². The molecule has 1 aromatic heterocycles. The Kier molecular flexibility index (Phi) is 3.62. The van der Waals surface area contributed by atoms with Gasteiger partial charge in [0.2, 0.25) is 0 Å². The Balaban J connectivity index is 2.12. The molecule has 0 aliphatic heterocycles. The Bertz CT molecular complexity index is 523. The number of rotatable bonds is 4. The van der Waals surface area contributed by atoms with E-state index in [-0.39, 0.29) is 12.0 Å². The molecule has 0 aliphatic rings. The lowest BCUT2D eigenvalue weighted by molar-refractivity contribution is 0.0601. The summed E-state index contributed by atoms with van der Waals surface area (Å²) in [6.07, 6.45) is 1.71. The lowest BCUT2D eigenvalue weighted by Crippen LogP contribution is -2.08. The molecule has 0 amide bonds. The predicted octanol–water partition coefficient (Wildman–Crippen LogP) is 2.37. The molecule has 5 nitrogen and oxygen atoms in total. The van der Waals surface area contributed by atoms with Crippen LogP contribution in [0.2, 0.25) is 0 Å². The number of aromatic nitrogens is 2. The average Bonchev–Trinajstić information content (AvgIpc) is 2.92. The maximum absolute atomic E-state index is 11.4. The van der Waals surface area contributed by atoms with Crippen molar-refractivity contribution in [1.82, 2.24) is 10.2 Å². The van der Waals surface area contributed by atoms with Crippen LogP contribution in [0.3, 0.4) is 0 Å². The number of ether oxygens (including phenoxy) is 1. The minimum Gasteiger partial charge on any atom is -0.465 e. The van der Waals surface area contributed by atoms with E-state index < -0.39 is 0 Å². The van der Waals surface area contributed by atoms with Gasteiger partial charge in [-0.05, 0) is 31.2 Å². The number of H-pyrrole nitrogens is 1. The van der Waals surface area contributed by atoms with Gasteiger partial charge < -0.3 is 10.1 Å². The number of hydrogen-bond acceptors (Lipinski definition) is 4. The van der Waals surface area contributed by atoms with Gasteiger partial charge in [0.25, 0.3) is 0 Å². The summed E-state index contributed by atoms with van der Waals surface area (Å²) in [6.45, 7) is 2.01. The zero-order valence-corrected chi connectivity index (χ0v) is 10.3. The lowest BCUT2D eigenvalue weighted by Gasteiger charge is -2.14. The molecule has 1 aromatic carbocycles. The van der Waals surface area contributed by atoms with Crippen molar-refractivity contribution in [2.24, 2.45) is 0 Å². The van der Waals surface area contributed by atoms with Crippen molar-refractivity contribution in [1.29, 1.82) is 0 Å². The fourth-order valence-corrected chi connectivity index (χ4v) is 1.69. The zero-order valence-electron chi connectivity index (χ0n) is 10.3. The molecule has 2 aromatic rings. The first kappa shape index (κ1) is 12.2. The Hall–Kier alpha value is -2.30. The summed E-state index contributed by atoms with van der Waals surface area (Å²) in [7, 11) is 1.37. The highest BCUT2D eigenvalue weighted by Gasteiger charge is 2.09. The van der Waals surface area contributed by atoms with Gasteiger partial charge in [-0.1, -0.05) is 6.07 Å². The molecule has 1 heterocycles. The fourth-order valence-electron chi connectivity index (χ4n) is 1.69. The summed E-state index contributed by atoms with van der Waals surface area (Å²) in [5, 5.41) is 10.1. The summed E-state index contributed by atoms with van der Waals surface area (Å²) in [5.74, 6) is -0.340. The molecule has 94 valence electrons. The molecule has 0 bridgehead atoms. The number of esters is 1. The standard InChI is InChI=1S/C13H15N3O2/c1-9(12-6-7-14-16-12)15-11-5-3-4-10(8-11)13(17)18-2/h3-9,15H,1-2H3,(H,14,16). The van der Waals surface area contributed by atoms with Gasteiger partial charge in [0.1, 0.15) is 0 Å². The molecule has 5 heteroatoms. The van der Waals surface area contributed by atoms with Gasteiger partial charge >= 0.3 is 5.97 Å². The first-order chi connectivity index (χ1) is 8.70. The predicted molar refractivity (Wildman–Crippen MR) is 68.4 cm³/mol. The summed E-state index contributed by atoms with van der Waals surface area (Å²) in [6, 6.07) is 9.19. The maximum Gasteiger partial charge on any atom is 0.337 e. The van der Waals surface area contributed by atoms with Gasteiger partial charge in [-0.3, -0.25) is 5.10 Å². The molecule has 0 spiro atoms. The molecule has 1 unspecified atom stereocenters. The van der Waals surface area contributed by atoms with E-state index in [1.54, 1.807) is 18.3 Å². The van der Waals surface area contributed by atoms with Crippen LogP contribution in [0, 0.1) is 0 Å². The maximum atomic E-state index is 11.4. The highest BCUT2D eigenvalue weighted by atomic mass is 16.5. The van der Waals surface area contributed by atoms with E-state index in [0.717, 1.165) is 11.4 Å². The Morgan fingerprint density at radius 3 is 2.94 bits per heavy atom. The van der Waals surface area contributed by atoms with Crippen molar-refractivity contribution >= 4 is 11.7 Å². The van der Waals surface area contributed by atoms with E-state index in [1.165, 1.54) is 7.11 Å². The van der Waals surface area contributed by atoms with Crippen molar-refractivity contribution in [3.8, 4) is 0 Å². The molecule has 0 radical (unpaired) electrons. The number of anilines is 1. The summed E-state index contributed by atoms with van der Waals surface area (Å²) in [5.41, 5.74) is 2.37. The molecular weight excluding hydrogens is 230 g/mol. The minimum atomic E-state index is -0.340. The molecule has 0 saturated carbocycles. The van der Waals surface area contributed by atoms with Crippen LogP contribution < -0.4 is 5.32 Å². The van der Waals surface area contributed by atoms with Crippen LogP contribution in [0.4, 0.5) is 5.69 Å². The summed E-state index contributed by atoms with van der Waals surface area (Å²) < 4.78 is 4.69. The molecule has 2 N–H and O–H groups in total. The highest BCUT2D eigenvalue weighted by molar-refractivity contribution is 5.90. The highest BCUT2D eigenvalue weighted by Crippen LogP contribution is 2.18. The summed E-state index contributed by atoms with van der Waals surface area (Å²) >= 11 is 0. The van der Waals surface area contributed by atoms with E-state index in [4.69, 9.17) is 0 Å². The monoisotopic (exact) mass is 245 g/mol. The van der Waals surface area contributed by atoms with Gasteiger partial charge in [0.05, 0.1) is 24.4 Å². The van der Waals surface area contributed by atoms with Crippen LogP contribution >= 0.6 is 0 Å². The van der Waals surface area contributed by atoms with Crippen molar-refractivity contribution in [2.45, 2.75) is 13.0 Å². The minimum absolute atomic E-state index is 0.0837. The van der Waals surface area contributed by atoms with E-state index in [9.17, 15) is 4.79 Å². The second-order valence-corrected chi connectivity index (χ2v) is 3.95. The Morgan fingerprint density at radius 1 is 1.44 bits per heavy atom.